The highest BCUT2D eigenvalue weighted by Gasteiger charge is 2.32. The fourth-order valence-corrected chi connectivity index (χ4v) is 3.25. The maximum atomic E-state index is 13.1. The monoisotopic (exact) mass is 333 g/mol. The molecule has 2 aromatic carbocycles. The van der Waals surface area contributed by atoms with Gasteiger partial charge in [-0.1, -0.05) is 36.4 Å². The first kappa shape index (κ1) is 15.4. The summed E-state index contributed by atoms with van der Waals surface area (Å²) in [6.45, 7) is 2.61. The van der Waals surface area contributed by atoms with Gasteiger partial charge in [0.1, 0.15) is 11.5 Å². The molecular formula is C20H19N3O2. The molecule has 0 unspecified atom stereocenters. The fraction of sp³-hybridized carbons (Fsp3) is 0.200. The minimum atomic E-state index is -0.374. The van der Waals surface area contributed by atoms with Crippen molar-refractivity contribution in [2.45, 2.75) is 25.4 Å². The molecule has 0 aliphatic carbocycles. The molecule has 1 aliphatic rings. The molecular weight excluding hydrogens is 314 g/mol. The van der Waals surface area contributed by atoms with Gasteiger partial charge in [0.05, 0.1) is 12.5 Å². The summed E-state index contributed by atoms with van der Waals surface area (Å²) in [5.41, 5.74) is 1.79. The lowest BCUT2D eigenvalue weighted by molar-refractivity contribution is -0.122. The molecule has 126 valence electrons. The molecule has 1 aromatic heterocycles. The van der Waals surface area contributed by atoms with E-state index in [0.29, 0.717) is 6.54 Å². The Hall–Kier alpha value is -3.08. The topological polar surface area (TPSA) is 56.2 Å². The van der Waals surface area contributed by atoms with Crippen molar-refractivity contribution in [1.29, 1.82) is 0 Å². The van der Waals surface area contributed by atoms with E-state index in [1.54, 1.807) is 6.20 Å². The smallest absolute Gasteiger partial charge is 0.232 e. The van der Waals surface area contributed by atoms with Crippen LogP contribution in [0, 0.1) is 0 Å². The summed E-state index contributed by atoms with van der Waals surface area (Å²) in [6, 6.07) is 17.3. The molecule has 1 amide bonds. The maximum absolute atomic E-state index is 13.1. The van der Waals surface area contributed by atoms with Crippen molar-refractivity contribution < 1.29 is 9.53 Å². The zero-order chi connectivity index (χ0) is 17.2. The van der Waals surface area contributed by atoms with Crippen molar-refractivity contribution in [2.24, 2.45) is 0 Å². The predicted molar refractivity (Wildman–Crippen MR) is 94.6 cm³/mol. The number of nitrogens with one attached hydrogen (secondary N) is 1. The number of hydrogen-bond donors (Lipinski definition) is 1. The fourth-order valence-electron chi connectivity index (χ4n) is 3.25. The molecule has 4 rings (SSSR count). The molecule has 5 nitrogen and oxygen atoms in total. The van der Waals surface area contributed by atoms with Crippen LogP contribution < -0.4 is 10.1 Å². The van der Waals surface area contributed by atoms with Gasteiger partial charge in [-0.3, -0.25) is 9.48 Å². The van der Waals surface area contributed by atoms with E-state index in [1.165, 1.54) is 0 Å². The van der Waals surface area contributed by atoms with Crippen LogP contribution in [0.15, 0.2) is 67.0 Å². The van der Waals surface area contributed by atoms with Crippen LogP contribution in [0.1, 0.15) is 24.0 Å². The van der Waals surface area contributed by atoms with Gasteiger partial charge < -0.3 is 10.1 Å². The second-order valence-electron chi connectivity index (χ2n) is 6.25. The number of para-hydroxylation sites is 2. The zero-order valence-electron chi connectivity index (χ0n) is 13.9. The number of rotatable bonds is 4. The first-order valence-corrected chi connectivity index (χ1v) is 8.36. The van der Waals surface area contributed by atoms with Gasteiger partial charge >= 0.3 is 0 Å². The molecule has 1 N–H and O–H groups in total. The van der Waals surface area contributed by atoms with E-state index < -0.39 is 0 Å². The molecule has 0 radical (unpaired) electrons. The second kappa shape index (κ2) is 6.43. The SMILES string of the molecule is C[C@H](Cn1cccn1)NC(=O)C1c2ccccc2Oc2ccccc21. The molecule has 0 saturated heterocycles. The third-order valence-electron chi connectivity index (χ3n) is 4.35. The van der Waals surface area contributed by atoms with Crippen molar-refractivity contribution in [1.82, 2.24) is 15.1 Å². The Labute approximate surface area is 146 Å². The van der Waals surface area contributed by atoms with Crippen molar-refractivity contribution in [2.75, 3.05) is 0 Å². The second-order valence-corrected chi connectivity index (χ2v) is 6.25. The van der Waals surface area contributed by atoms with Gasteiger partial charge in [0.2, 0.25) is 5.91 Å². The van der Waals surface area contributed by atoms with E-state index in [4.69, 9.17) is 4.74 Å². The van der Waals surface area contributed by atoms with Crippen LogP contribution in [0.5, 0.6) is 11.5 Å². The van der Waals surface area contributed by atoms with Crippen molar-refractivity contribution in [3.05, 3.63) is 78.1 Å². The van der Waals surface area contributed by atoms with E-state index in [2.05, 4.69) is 10.4 Å². The standard InChI is InChI=1S/C20H19N3O2/c1-14(13-23-12-6-11-21-23)22-20(24)19-15-7-2-4-9-17(15)25-18-10-5-3-8-16(18)19/h2-12,14,19H,13H2,1H3,(H,22,24)/t14-/m1/s1. The van der Waals surface area contributed by atoms with E-state index >= 15 is 0 Å². The van der Waals surface area contributed by atoms with Crippen molar-refractivity contribution >= 4 is 5.91 Å². The Morgan fingerprint density at radius 3 is 2.36 bits per heavy atom. The van der Waals surface area contributed by atoms with Crippen LogP contribution in [0.25, 0.3) is 0 Å². The van der Waals surface area contributed by atoms with Gasteiger partial charge in [-0.15, -0.1) is 0 Å². The summed E-state index contributed by atoms with van der Waals surface area (Å²) in [7, 11) is 0. The summed E-state index contributed by atoms with van der Waals surface area (Å²) in [5, 5.41) is 7.31. The van der Waals surface area contributed by atoms with Gasteiger partial charge in [-0.25, -0.2) is 0 Å². The molecule has 5 heteroatoms. The van der Waals surface area contributed by atoms with Crippen LogP contribution in [-0.4, -0.2) is 21.7 Å². The lowest BCUT2D eigenvalue weighted by atomic mass is 9.87. The first-order chi connectivity index (χ1) is 12.2. The lowest BCUT2D eigenvalue weighted by Gasteiger charge is -2.28. The van der Waals surface area contributed by atoms with E-state index in [0.717, 1.165) is 22.6 Å². The predicted octanol–water partition coefficient (Wildman–Crippen LogP) is 3.33. The highest BCUT2D eigenvalue weighted by atomic mass is 16.5. The third kappa shape index (κ3) is 3.01. The van der Waals surface area contributed by atoms with Crippen molar-refractivity contribution in [3.63, 3.8) is 0 Å². The molecule has 0 bridgehead atoms. The number of aromatic nitrogens is 2. The summed E-state index contributed by atoms with van der Waals surface area (Å²) in [6.07, 6.45) is 3.63. The van der Waals surface area contributed by atoms with Crippen molar-refractivity contribution in [3.8, 4) is 11.5 Å². The lowest BCUT2D eigenvalue weighted by Crippen LogP contribution is -2.39. The number of hydrogen-bond acceptors (Lipinski definition) is 3. The van der Waals surface area contributed by atoms with Crippen LogP contribution >= 0.6 is 0 Å². The molecule has 25 heavy (non-hydrogen) atoms. The summed E-state index contributed by atoms with van der Waals surface area (Å²) < 4.78 is 7.77. The van der Waals surface area contributed by atoms with Crippen LogP contribution in [0.2, 0.25) is 0 Å². The Kier molecular flexibility index (Phi) is 3.98. The normalized spacial score (nSPS) is 14.1. The Morgan fingerprint density at radius 1 is 1.12 bits per heavy atom. The number of carbonyl (C=O) groups excluding carboxylic acids is 1. The Balaban J connectivity index is 1.61. The van der Waals surface area contributed by atoms with Gasteiger partial charge in [0.25, 0.3) is 0 Å². The molecule has 2 heterocycles. The van der Waals surface area contributed by atoms with Gasteiger partial charge in [0, 0.05) is 29.6 Å². The minimum Gasteiger partial charge on any atom is -0.457 e. The molecule has 3 aromatic rings. The number of amides is 1. The van der Waals surface area contributed by atoms with Gasteiger partial charge in [0.15, 0.2) is 0 Å². The Morgan fingerprint density at radius 2 is 1.76 bits per heavy atom. The molecule has 0 fully saturated rings. The molecule has 1 aliphatic heterocycles. The van der Waals surface area contributed by atoms with Gasteiger partial charge in [-0.2, -0.15) is 5.10 Å². The van der Waals surface area contributed by atoms with Crippen LogP contribution in [0.4, 0.5) is 0 Å². The average molecular weight is 333 g/mol. The summed E-state index contributed by atoms with van der Waals surface area (Å²) in [4.78, 5) is 13.1. The first-order valence-electron chi connectivity index (χ1n) is 8.36. The number of carbonyl (C=O) groups is 1. The zero-order valence-corrected chi connectivity index (χ0v) is 13.9. The highest BCUT2D eigenvalue weighted by Crippen LogP contribution is 2.43. The van der Waals surface area contributed by atoms with E-state index in [9.17, 15) is 4.79 Å². The maximum Gasteiger partial charge on any atom is 0.232 e. The molecule has 1 atom stereocenters. The van der Waals surface area contributed by atoms with Gasteiger partial charge in [-0.05, 0) is 25.1 Å². The average Bonchev–Trinajstić information content (AvgIpc) is 3.12. The summed E-state index contributed by atoms with van der Waals surface area (Å²) in [5.74, 6) is 1.08. The van der Waals surface area contributed by atoms with Crippen LogP contribution in [0.3, 0.4) is 0 Å². The van der Waals surface area contributed by atoms with E-state index in [-0.39, 0.29) is 17.9 Å². The largest absolute Gasteiger partial charge is 0.457 e. The molecule has 0 saturated carbocycles. The highest BCUT2D eigenvalue weighted by molar-refractivity contribution is 5.89. The number of benzene rings is 2. The summed E-state index contributed by atoms with van der Waals surface area (Å²) >= 11 is 0. The minimum absolute atomic E-state index is 0.0251. The number of ether oxygens (including phenoxy) is 1. The number of nitrogens with zero attached hydrogens (tertiary/aromatic N) is 2. The quantitative estimate of drug-likeness (QED) is 0.797. The Bertz CT molecular complexity index is 844. The third-order valence-corrected chi connectivity index (χ3v) is 4.35. The molecule has 0 spiro atoms. The van der Waals surface area contributed by atoms with Crippen LogP contribution in [-0.2, 0) is 11.3 Å². The number of fused-ring (bicyclic) bond motifs is 2. The van der Waals surface area contributed by atoms with E-state index in [1.807, 2.05) is 72.4 Å².